The van der Waals surface area contributed by atoms with E-state index in [4.69, 9.17) is 16.3 Å². The van der Waals surface area contributed by atoms with E-state index in [0.717, 1.165) is 31.5 Å². The fourth-order valence-electron chi connectivity index (χ4n) is 2.95. The average molecular weight is 399 g/mol. The molecule has 6 nitrogen and oxygen atoms in total. The number of aromatic nitrogens is 2. The Morgan fingerprint density at radius 3 is 3.04 bits per heavy atom. The predicted octanol–water partition coefficient (Wildman–Crippen LogP) is 3.21. The maximum Gasteiger partial charge on any atom is 0.272 e. The van der Waals surface area contributed by atoms with Crippen LogP contribution < -0.4 is 15.4 Å². The topological polar surface area (TPSA) is 68.2 Å². The second-order valence-electron chi connectivity index (χ2n) is 6.05. The molecule has 8 heteroatoms. The summed E-state index contributed by atoms with van der Waals surface area (Å²) in [5, 5.41) is 11.3. The Bertz CT molecular complexity index is 730. The normalized spacial score (nSPS) is 16.6. The molecule has 1 aromatic carbocycles. The van der Waals surface area contributed by atoms with E-state index >= 15 is 0 Å². The van der Waals surface area contributed by atoms with Gasteiger partial charge in [-0.15, -0.1) is 12.4 Å². The molecule has 0 bridgehead atoms. The fourth-order valence-corrected chi connectivity index (χ4v) is 3.11. The highest BCUT2D eigenvalue weighted by Gasteiger charge is 2.18. The number of carbonyl (C=O) groups excluding carboxylic acids is 1. The summed E-state index contributed by atoms with van der Waals surface area (Å²) >= 11 is 6.00. The molecule has 0 radical (unpaired) electrons. The second kappa shape index (κ2) is 9.80. The lowest BCUT2D eigenvalue weighted by Crippen LogP contribution is -2.32. The van der Waals surface area contributed by atoms with E-state index in [9.17, 15) is 4.79 Å². The molecule has 2 aromatic rings. The minimum absolute atomic E-state index is 0. The van der Waals surface area contributed by atoms with Crippen LogP contribution in [-0.4, -0.2) is 35.4 Å². The van der Waals surface area contributed by atoms with Crippen LogP contribution in [0.5, 0.6) is 5.75 Å². The van der Waals surface area contributed by atoms with Crippen molar-refractivity contribution in [1.82, 2.24) is 20.4 Å². The van der Waals surface area contributed by atoms with Gasteiger partial charge >= 0.3 is 0 Å². The molecule has 1 unspecified atom stereocenters. The number of hydrogen-bond acceptors (Lipinski definition) is 4. The van der Waals surface area contributed by atoms with Crippen molar-refractivity contribution >= 4 is 29.9 Å². The number of carbonyl (C=O) groups is 1. The van der Waals surface area contributed by atoms with Crippen molar-refractivity contribution in [3.05, 3.63) is 46.7 Å². The van der Waals surface area contributed by atoms with Gasteiger partial charge < -0.3 is 15.4 Å². The van der Waals surface area contributed by atoms with Crippen LogP contribution in [0.4, 0.5) is 0 Å². The van der Waals surface area contributed by atoms with Gasteiger partial charge in [-0.2, -0.15) is 5.10 Å². The molecule has 142 valence electrons. The van der Waals surface area contributed by atoms with Crippen molar-refractivity contribution in [3.8, 4) is 5.75 Å². The van der Waals surface area contributed by atoms with Crippen LogP contribution in [0.1, 0.15) is 41.9 Å². The molecule has 1 saturated heterocycles. The summed E-state index contributed by atoms with van der Waals surface area (Å²) in [5.74, 6) is 0.494. The number of piperidine rings is 1. The number of amides is 1. The number of benzene rings is 1. The van der Waals surface area contributed by atoms with E-state index < -0.39 is 0 Å². The van der Waals surface area contributed by atoms with Gasteiger partial charge in [-0.05, 0) is 44.5 Å². The zero-order chi connectivity index (χ0) is 17.6. The molecule has 2 N–H and O–H groups in total. The first-order valence-electron chi connectivity index (χ1n) is 8.62. The summed E-state index contributed by atoms with van der Waals surface area (Å²) in [4.78, 5) is 12.4. The highest BCUT2D eigenvalue weighted by molar-refractivity contribution is 6.30. The van der Waals surface area contributed by atoms with Crippen LogP contribution in [0.3, 0.4) is 0 Å². The van der Waals surface area contributed by atoms with Crippen molar-refractivity contribution < 1.29 is 9.53 Å². The third-order valence-electron chi connectivity index (χ3n) is 4.25. The Hall–Kier alpha value is -1.76. The smallest absolute Gasteiger partial charge is 0.272 e. The quantitative estimate of drug-likeness (QED) is 0.783. The van der Waals surface area contributed by atoms with Gasteiger partial charge in [0.1, 0.15) is 11.4 Å². The molecule has 26 heavy (non-hydrogen) atoms. The monoisotopic (exact) mass is 398 g/mol. The molecule has 0 spiro atoms. The van der Waals surface area contributed by atoms with Crippen LogP contribution >= 0.6 is 24.0 Å². The maximum absolute atomic E-state index is 12.4. The highest BCUT2D eigenvalue weighted by Crippen LogP contribution is 2.23. The van der Waals surface area contributed by atoms with Crippen LogP contribution in [0.15, 0.2) is 30.5 Å². The third kappa shape index (κ3) is 5.13. The first-order chi connectivity index (χ1) is 12.2. The zero-order valence-corrected chi connectivity index (χ0v) is 16.3. The standard InChI is InChI=1S/C18H23ClN4O2.ClH/c1-2-25-17-10-14(19)6-5-13(17)11-21-18(24)16-7-9-23(22-16)15-4-3-8-20-12-15;/h5-7,9-10,15,20H,2-4,8,11-12H2,1H3,(H,21,24);1H. The molecule has 0 aliphatic carbocycles. The summed E-state index contributed by atoms with van der Waals surface area (Å²) in [5.41, 5.74) is 1.31. The molecule has 0 saturated carbocycles. The van der Waals surface area contributed by atoms with Crippen molar-refractivity contribution in [2.24, 2.45) is 0 Å². The molecule has 1 aliphatic rings. The van der Waals surface area contributed by atoms with Crippen LogP contribution in [0, 0.1) is 0 Å². The zero-order valence-electron chi connectivity index (χ0n) is 14.7. The summed E-state index contributed by atoms with van der Waals surface area (Å²) in [6.07, 6.45) is 4.08. The Kier molecular flexibility index (Phi) is 7.75. The molecular weight excluding hydrogens is 375 g/mol. The van der Waals surface area contributed by atoms with E-state index in [0.29, 0.717) is 35.7 Å². The van der Waals surface area contributed by atoms with Gasteiger partial charge in [-0.3, -0.25) is 9.48 Å². The van der Waals surface area contributed by atoms with Gasteiger partial charge in [0.25, 0.3) is 5.91 Å². The average Bonchev–Trinajstić information content (AvgIpc) is 3.12. The largest absolute Gasteiger partial charge is 0.493 e. The number of nitrogens with one attached hydrogen (secondary N) is 2. The summed E-state index contributed by atoms with van der Waals surface area (Å²) < 4.78 is 7.46. The summed E-state index contributed by atoms with van der Waals surface area (Å²) in [7, 11) is 0. The van der Waals surface area contributed by atoms with E-state index in [1.54, 1.807) is 18.2 Å². The van der Waals surface area contributed by atoms with Crippen molar-refractivity contribution in [3.63, 3.8) is 0 Å². The van der Waals surface area contributed by atoms with Crippen molar-refractivity contribution in [1.29, 1.82) is 0 Å². The molecule has 1 fully saturated rings. The van der Waals surface area contributed by atoms with Crippen LogP contribution in [-0.2, 0) is 6.54 Å². The van der Waals surface area contributed by atoms with Crippen molar-refractivity contribution in [2.45, 2.75) is 32.4 Å². The summed E-state index contributed by atoms with van der Waals surface area (Å²) in [6.45, 7) is 4.76. The first-order valence-corrected chi connectivity index (χ1v) is 9.00. The van der Waals surface area contributed by atoms with Gasteiger partial charge in [-0.1, -0.05) is 17.7 Å². The van der Waals surface area contributed by atoms with Crippen LogP contribution in [0.2, 0.25) is 5.02 Å². The fraction of sp³-hybridized carbons (Fsp3) is 0.444. The minimum Gasteiger partial charge on any atom is -0.493 e. The van der Waals surface area contributed by atoms with Gasteiger partial charge in [-0.25, -0.2) is 0 Å². The van der Waals surface area contributed by atoms with Gasteiger partial charge in [0.15, 0.2) is 0 Å². The number of rotatable bonds is 6. The molecule has 2 heterocycles. The Morgan fingerprint density at radius 1 is 1.46 bits per heavy atom. The first kappa shape index (κ1) is 20.6. The predicted molar refractivity (Wildman–Crippen MR) is 104 cm³/mol. The number of ether oxygens (including phenoxy) is 1. The van der Waals surface area contributed by atoms with E-state index in [-0.39, 0.29) is 18.3 Å². The highest BCUT2D eigenvalue weighted by atomic mass is 35.5. The van der Waals surface area contributed by atoms with Gasteiger partial charge in [0, 0.05) is 29.9 Å². The summed E-state index contributed by atoms with van der Waals surface area (Å²) in [6, 6.07) is 7.49. The van der Waals surface area contributed by atoms with E-state index in [1.807, 2.05) is 23.9 Å². The van der Waals surface area contributed by atoms with Gasteiger partial charge in [0.2, 0.25) is 0 Å². The Morgan fingerprint density at radius 2 is 2.31 bits per heavy atom. The molecule has 1 aliphatic heterocycles. The van der Waals surface area contributed by atoms with Crippen LogP contribution in [0.25, 0.3) is 0 Å². The lowest BCUT2D eigenvalue weighted by atomic mass is 10.1. The Labute approximate surface area is 164 Å². The molecule has 1 amide bonds. The van der Waals surface area contributed by atoms with E-state index in [2.05, 4.69) is 15.7 Å². The van der Waals surface area contributed by atoms with E-state index in [1.165, 1.54) is 0 Å². The Balaban J connectivity index is 0.00000243. The molecule has 1 atom stereocenters. The second-order valence-corrected chi connectivity index (χ2v) is 6.49. The molecule has 3 rings (SSSR count). The van der Waals surface area contributed by atoms with Gasteiger partial charge in [0.05, 0.1) is 12.6 Å². The lowest BCUT2D eigenvalue weighted by molar-refractivity contribution is 0.0944. The number of halogens is 2. The SMILES string of the molecule is CCOc1cc(Cl)ccc1CNC(=O)c1ccn(C2CCCNC2)n1.Cl. The maximum atomic E-state index is 12.4. The number of hydrogen-bond donors (Lipinski definition) is 2. The van der Waals surface area contributed by atoms with Crippen molar-refractivity contribution in [2.75, 3.05) is 19.7 Å². The number of nitrogens with zero attached hydrogens (tertiary/aromatic N) is 2. The lowest BCUT2D eigenvalue weighted by Gasteiger charge is -2.22. The molecule has 1 aromatic heterocycles. The molecular formula is C18H24Cl2N4O2. The third-order valence-corrected chi connectivity index (χ3v) is 4.49. The minimum atomic E-state index is -0.195.